The van der Waals surface area contributed by atoms with Crippen molar-refractivity contribution >= 4 is 28.6 Å². The van der Waals surface area contributed by atoms with Crippen molar-refractivity contribution in [2.24, 2.45) is 0 Å². The molecule has 5 rings (SSSR count). The normalized spacial score (nSPS) is 13.1. The molecule has 0 radical (unpaired) electrons. The van der Waals surface area contributed by atoms with Gasteiger partial charge < -0.3 is 14.8 Å². The Morgan fingerprint density at radius 2 is 1.83 bits per heavy atom. The maximum absolute atomic E-state index is 13.4. The topological polar surface area (TPSA) is 82.5 Å². The highest BCUT2D eigenvalue weighted by Gasteiger charge is 2.20. The number of rotatable bonds is 7. The fourth-order valence-corrected chi connectivity index (χ4v) is 4.68. The molecule has 178 valence electrons. The lowest BCUT2D eigenvalue weighted by atomic mass is 10.2. The average Bonchev–Trinajstić information content (AvgIpc) is 3.34. The Morgan fingerprint density at radius 1 is 1.09 bits per heavy atom. The first-order chi connectivity index (χ1) is 17.0. The molecule has 0 aliphatic carbocycles. The lowest BCUT2D eigenvalue weighted by Crippen LogP contribution is -2.31. The van der Waals surface area contributed by atoms with Crippen molar-refractivity contribution in [3.63, 3.8) is 0 Å². The Kier molecular flexibility index (Phi) is 6.41. The second kappa shape index (κ2) is 9.79. The number of fused-ring (bicyclic) bond motifs is 2. The average molecular weight is 492 g/mol. The maximum atomic E-state index is 13.4. The molecule has 1 atom stereocenters. The molecule has 1 aromatic heterocycles. The van der Waals surface area contributed by atoms with Crippen LogP contribution in [0.5, 0.6) is 11.5 Å². The number of carbonyl (C=O) groups excluding carboxylic acids is 1. The smallest absolute Gasteiger partial charge is 0.262 e. The third-order valence-corrected chi connectivity index (χ3v) is 6.73. The first-order valence-electron chi connectivity index (χ1n) is 11.0. The predicted molar refractivity (Wildman–Crippen MR) is 131 cm³/mol. The van der Waals surface area contributed by atoms with E-state index in [0.717, 1.165) is 11.1 Å². The molecule has 7 nitrogen and oxygen atoms in total. The number of halogens is 1. The fourth-order valence-electron chi connectivity index (χ4n) is 3.74. The van der Waals surface area contributed by atoms with Crippen LogP contribution >= 0.6 is 11.8 Å². The van der Waals surface area contributed by atoms with Gasteiger partial charge in [-0.2, -0.15) is 0 Å². The van der Waals surface area contributed by atoms with Crippen LogP contribution in [0.15, 0.2) is 76.7 Å². The summed E-state index contributed by atoms with van der Waals surface area (Å²) in [6, 6.07) is 18.6. The molecule has 1 aliphatic rings. The van der Waals surface area contributed by atoms with Gasteiger partial charge in [-0.15, -0.1) is 0 Å². The second-order valence-corrected chi connectivity index (χ2v) is 9.40. The molecular formula is C26H22FN3O4S. The van der Waals surface area contributed by atoms with E-state index in [-0.39, 0.29) is 30.6 Å². The van der Waals surface area contributed by atoms with E-state index in [9.17, 15) is 14.0 Å². The van der Waals surface area contributed by atoms with Crippen molar-refractivity contribution in [2.45, 2.75) is 30.4 Å². The standard InChI is InChI=1S/C26H22FN3O4S/c1-16(24(31)28-13-18-8-11-22-23(12-18)34-15-33-22)35-26-29-21-5-3-2-4-20(21)25(32)30(26)14-17-6-9-19(27)10-7-17/h2-12,16H,13-15H2,1H3,(H,28,31). The van der Waals surface area contributed by atoms with Crippen LogP contribution in [-0.2, 0) is 17.9 Å². The minimum absolute atomic E-state index is 0.191. The van der Waals surface area contributed by atoms with E-state index < -0.39 is 5.25 Å². The number of amides is 1. The zero-order valence-corrected chi connectivity index (χ0v) is 19.7. The van der Waals surface area contributed by atoms with Gasteiger partial charge in [0.05, 0.1) is 22.7 Å². The van der Waals surface area contributed by atoms with E-state index in [4.69, 9.17) is 9.47 Å². The number of carbonyl (C=O) groups is 1. The Hall–Kier alpha value is -3.85. The van der Waals surface area contributed by atoms with Crippen LogP contribution in [0.25, 0.3) is 10.9 Å². The summed E-state index contributed by atoms with van der Waals surface area (Å²) >= 11 is 1.21. The zero-order valence-electron chi connectivity index (χ0n) is 18.9. The molecule has 1 unspecified atom stereocenters. The molecule has 0 fully saturated rings. The van der Waals surface area contributed by atoms with Gasteiger partial charge in [0.15, 0.2) is 16.7 Å². The monoisotopic (exact) mass is 491 g/mol. The minimum atomic E-state index is -0.517. The Bertz CT molecular complexity index is 1460. The third kappa shape index (κ3) is 5.00. The Labute approximate surface area is 204 Å². The molecule has 3 aromatic carbocycles. The van der Waals surface area contributed by atoms with E-state index in [2.05, 4.69) is 10.3 Å². The van der Waals surface area contributed by atoms with E-state index >= 15 is 0 Å². The molecule has 35 heavy (non-hydrogen) atoms. The van der Waals surface area contributed by atoms with Gasteiger partial charge in [-0.05, 0) is 54.4 Å². The SMILES string of the molecule is CC(Sc1nc2ccccc2c(=O)n1Cc1ccc(F)cc1)C(=O)NCc1ccc2c(c1)OCO2. The molecule has 9 heteroatoms. The number of nitrogens with zero attached hydrogens (tertiary/aromatic N) is 2. The quantitative estimate of drug-likeness (QED) is 0.310. The van der Waals surface area contributed by atoms with Crippen molar-refractivity contribution in [1.82, 2.24) is 14.9 Å². The molecule has 2 heterocycles. The number of thioether (sulfide) groups is 1. The van der Waals surface area contributed by atoms with Crippen LogP contribution < -0.4 is 20.3 Å². The van der Waals surface area contributed by atoms with Gasteiger partial charge in [-0.1, -0.05) is 42.1 Å². The minimum Gasteiger partial charge on any atom is -0.454 e. The number of aromatic nitrogens is 2. The molecule has 0 bridgehead atoms. The summed E-state index contributed by atoms with van der Waals surface area (Å²) in [6.07, 6.45) is 0. The summed E-state index contributed by atoms with van der Waals surface area (Å²) in [5.41, 5.74) is 1.99. The van der Waals surface area contributed by atoms with Crippen molar-refractivity contribution < 1.29 is 18.7 Å². The van der Waals surface area contributed by atoms with Gasteiger partial charge in [0, 0.05) is 6.54 Å². The molecule has 0 spiro atoms. The summed E-state index contributed by atoms with van der Waals surface area (Å²) in [7, 11) is 0. The highest BCUT2D eigenvalue weighted by atomic mass is 32.2. The lowest BCUT2D eigenvalue weighted by molar-refractivity contribution is -0.120. The first kappa shape index (κ1) is 22.9. The van der Waals surface area contributed by atoms with E-state index in [1.54, 1.807) is 37.3 Å². The molecule has 0 saturated carbocycles. The number of benzene rings is 3. The van der Waals surface area contributed by atoms with E-state index in [1.807, 2.05) is 24.3 Å². The fraction of sp³-hybridized carbons (Fsp3) is 0.192. The second-order valence-electron chi connectivity index (χ2n) is 8.09. The molecule has 1 N–H and O–H groups in total. The van der Waals surface area contributed by atoms with Crippen LogP contribution in [0.1, 0.15) is 18.1 Å². The van der Waals surface area contributed by atoms with Crippen LogP contribution in [0.3, 0.4) is 0 Å². The van der Waals surface area contributed by atoms with Gasteiger partial charge in [0.2, 0.25) is 12.7 Å². The van der Waals surface area contributed by atoms with Gasteiger partial charge in [-0.25, -0.2) is 9.37 Å². The van der Waals surface area contributed by atoms with Gasteiger partial charge in [0.25, 0.3) is 5.56 Å². The summed E-state index contributed by atoms with van der Waals surface area (Å²) < 4.78 is 25.6. The van der Waals surface area contributed by atoms with Gasteiger partial charge in [0.1, 0.15) is 5.82 Å². The van der Waals surface area contributed by atoms with Crippen LogP contribution in [-0.4, -0.2) is 27.5 Å². The highest BCUT2D eigenvalue weighted by Crippen LogP contribution is 2.32. The molecule has 0 saturated heterocycles. The molecule has 1 aliphatic heterocycles. The lowest BCUT2D eigenvalue weighted by Gasteiger charge is -2.16. The molecular weight excluding hydrogens is 469 g/mol. The third-order valence-electron chi connectivity index (χ3n) is 5.64. The Morgan fingerprint density at radius 3 is 2.66 bits per heavy atom. The van der Waals surface area contributed by atoms with Crippen LogP contribution in [0, 0.1) is 5.82 Å². The van der Waals surface area contributed by atoms with Gasteiger partial charge >= 0.3 is 0 Å². The van der Waals surface area contributed by atoms with Crippen LogP contribution in [0.4, 0.5) is 4.39 Å². The van der Waals surface area contributed by atoms with E-state index in [0.29, 0.717) is 34.1 Å². The molecule has 1 amide bonds. The largest absolute Gasteiger partial charge is 0.454 e. The number of ether oxygens (including phenoxy) is 2. The van der Waals surface area contributed by atoms with Gasteiger partial charge in [-0.3, -0.25) is 14.2 Å². The predicted octanol–water partition coefficient (Wildman–Crippen LogP) is 4.11. The van der Waals surface area contributed by atoms with Crippen molar-refractivity contribution in [3.8, 4) is 11.5 Å². The first-order valence-corrected chi connectivity index (χ1v) is 11.9. The maximum Gasteiger partial charge on any atom is 0.262 e. The summed E-state index contributed by atoms with van der Waals surface area (Å²) in [5, 5.41) is 3.31. The van der Waals surface area contributed by atoms with E-state index in [1.165, 1.54) is 28.5 Å². The van der Waals surface area contributed by atoms with Crippen molar-refractivity contribution in [2.75, 3.05) is 6.79 Å². The van der Waals surface area contributed by atoms with Crippen LogP contribution in [0.2, 0.25) is 0 Å². The number of hydrogen-bond donors (Lipinski definition) is 1. The number of hydrogen-bond acceptors (Lipinski definition) is 6. The molecule has 4 aromatic rings. The highest BCUT2D eigenvalue weighted by molar-refractivity contribution is 8.00. The summed E-state index contributed by atoms with van der Waals surface area (Å²) in [4.78, 5) is 30.8. The summed E-state index contributed by atoms with van der Waals surface area (Å²) in [6.45, 7) is 2.50. The Balaban J connectivity index is 1.36. The zero-order chi connectivity index (χ0) is 24.4. The van der Waals surface area contributed by atoms with Crippen molar-refractivity contribution in [3.05, 3.63) is 94.0 Å². The number of para-hydroxylation sites is 1. The number of nitrogens with one attached hydrogen (secondary N) is 1. The summed E-state index contributed by atoms with van der Waals surface area (Å²) in [5.74, 6) is 0.804. The van der Waals surface area contributed by atoms with Crippen molar-refractivity contribution in [1.29, 1.82) is 0 Å².